The van der Waals surface area contributed by atoms with E-state index in [9.17, 15) is 20.1 Å². The largest absolute Gasteiger partial charge is 0.508 e. The third kappa shape index (κ3) is 9.00. The molecule has 1 aliphatic heterocycles. The van der Waals surface area contributed by atoms with Gasteiger partial charge in [0.05, 0.1) is 24.9 Å². The van der Waals surface area contributed by atoms with Crippen molar-refractivity contribution in [1.82, 2.24) is 10.2 Å². The first kappa shape index (κ1) is 34.0. The van der Waals surface area contributed by atoms with Crippen LogP contribution in [0.3, 0.4) is 0 Å². The fourth-order valence-electron chi connectivity index (χ4n) is 6.16. The van der Waals surface area contributed by atoms with Gasteiger partial charge in [-0.2, -0.15) is 0 Å². The zero-order valence-corrected chi connectivity index (χ0v) is 27.5. The highest BCUT2D eigenvalue weighted by Crippen LogP contribution is 2.39. The van der Waals surface area contributed by atoms with Crippen LogP contribution in [0.1, 0.15) is 63.1 Å². The third-order valence-corrected chi connectivity index (χ3v) is 8.80. The summed E-state index contributed by atoms with van der Waals surface area (Å²) in [4.78, 5) is 14.6. The molecule has 5 aromatic carbocycles. The monoisotopic (exact) mass is 658 g/mol. The molecule has 4 N–H and O–H groups in total. The van der Waals surface area contributed by atoms with Gasteiger partial charge in [-0.15, -0.1) is 0 Å². The predicted molar refractivity (Wildman–Crippen MR) is 188 cm³/mol. The van der Waals surface area contributed by atoms with Crippen molar-refractivity contribution in [2.45, 2.75) is 44.2 Å². The van der Waals surface area contributed by atoms with E-state index >= 15 is 0 Å². The Morgan fingerprint density at radius 2 is 1.55 bits per heavy atom. The van der Waals surface area contributed by atoms with E-state index < -0.39 is 12.4 Å². The number of amides is 1. The van der Waals surface area contributed by atoms with Gasteiger partial charge in [0.15, 0.2) is 6.29 Å². The molecule has 1 amide bonds. The lowest BCUT2D eigenvalue weighted by Crippen LogP contribution is -2.39. The van der Waals surface area contributed by atoms with Gasteiger partial charge in [-0.05, 0) is 70.8 Å². The maximum Gasteiger partial charge on any atom is 0.251 e. The summed E-state index contributed by atoms with van der Waals surface area (Å²) in [6.07, 6.45) is -1.18. The minimum Gasteiger partial charge on any atom is -0.508 e. The summed E-state index contributed by atoms with van der Waals surface area (Å²) < 4.78 is 13.1. The highest BCUT2D eigenvalue weighted by Gasteiger charge is 2.33. The zero-order chi connectivity index (χ0) is 34.2. The molecular weight excluding hydrogens is 616 g/mol. The number of carbonyl (C=O) groups excluding carboxylic acids is 1. The lowest BCUT2D eigenvalue weighted by molar-refractivity contribution is -0.252. The molecule has 0 aromatic heterocycles. The first-order chi connectivity index (χ1) is 23.8. The number of hydrogen-bond donors (Lipinski definition) is 4. The number of hydrogen-bond acceptors (Lipinski definition) is 7. The molecule has 0 bridgehead atoms. The zero-order valence-electron chi connectivity index (χ0n) is 27.5. The minimum absolute atomic E-state index is 0.0238. The van der Waals surface area contributed by atoms with E-state index in [2.05, 4.69) is 23.5 Å². The second-order valence-electron chi connectivity index (χ2n) is 12.6. The number of phenols is 1. The average Bonchev–Trinajstić information content (AvgIpc) is 3.14. The lowest BCUT2D eigenvalue weighted by Gasteiger charge is -2.38. The Morgan fingerprint density at radius 1 is 0.816 bits per heavy atom. The highest BCUT2D eigenvalue weighted by molar-refractivity contribution is 5.94. The Kier molecular flexibility index (Phi) is 11.1. The molecule has 49 heavy (non-hydrogen) atoms. The van der Waals surface area contributed by atoms with Crippen molar-refractivity contribution in [1.29, 1.82) is 0 Å². The quantitative estimate of drug-likeness (QED) is 0.118. The van der Waals surface area contributed by atoms with E-state index in [0.29, 0.717) is 37.2 Å². The average molecular weight is 659 g/mol. The van der Waals surface area contributed by atoms with Crippen molar-refractivity contribution >= 4 is 5.91 Å². The first-order valence-electron chi connectivity index (χ1n) is 16.5. The molecule has 0 radical (unpaired) electrons. The molecular formula is C41H42N2O6. The molecule has 1 aliphatic rings. The number of aliphatic hydroxyl groups excluding tert-OH is 2. The van der Waals surface area contributed by atoms with Crippen LogP contribution in [0.25, 0.3) is 11.1 Å². The van der Waals surface area contributed by atoms with Gasteiger partial charge < -0.3 is 35.0 Å². The molecule has 252 valence electrons. The van der Waals surface area contributed by atoms with Crippen molar-refractivity contribution < 1.29 is 29.6 Å². The highest BCUT2D eigenvalue weighted by atomic mass is 16.7. The topological polar surface area (TPSA) is 111 Å². The fraction of sp³-hybridized carbons (Fsp3) is 0.244. The van der Waals surface area contributed by atoms with E-state index in [1.807, 2.05) is 84.7 Å². The van der Waals surface area contributed by atoms with Crippen LogP contribution >= 0.6 is 0 Å². The molecule has 4 atom stereocenters. The van der Waals surface area contributed by atoms with Gasteiger partial charge >= 0.3 is 0 Å². The maximum atomic E-state index is 12.5. The van der Waals surface area contributed by atoms with Crippen molar-refractivity contribution in [3.05, 3.63) is 161 Å². The van der Waals surface area contributed by atoms with Gasteiger partial charge in [0.2, 0.25) is 0 Å². The number of carbonyl (C=O) groups is 1. The third-order valence-electron chi connectivity index (χ3n) is 8.80. The van der Waals surface area contributed by atoms with E-state index in [4.69, 9.17) is 9.47 Å². The summed E-state index contributed by atoms with van der Waals surface area (Å²) >= 11 is 0. The Labute approximate surface area is 287 Å². The van der Waals surface area contributed by atoms with Crippen molar-refractivity contribution in [3.8, 4) is 16.9 Å². The molecule has 5 aromatic rings. The summed E-state index contributed by atoms with van der Waals surface area (Å²) in [6.45, 7) is 1.33. The Morgan fingerprint density at radius 3 is 2.29 bits per heavy atom. The maximum absolute atomic E-state index is 12.5. The van der Waals surface area contributed by atoms with Crippen LogP contribution < -0.4 is 5.32 Å². The van der Waals surface area contributed by atoms with E-state index in [0.717, 1.165) is 33.4 Å². The molecule has 8 nitrogen and oxygen atoms in total. The number of aliphatic hydroxyl groups is 2. The molecule has 0 unspecified atom stereocenters. The van der Waals surface area contributed by atoms with Crippen LogP contribution in [0.5, 0.6) is 5.75 Å². The second-order valence-corrected chi connectivity index (χ2v) is 12.6. The molecule has 1 heterocycles. The number of phenolic OH excluding ortho intramolecular Hbond substituents is 1. The number of nitrogens with zero attached hydrogens (tertiary/aromatic N) is 1. The fourth-order valence-corrected chi connectivity index (χ4v) is 6.16. The predicted octanol–water partition coefficient (Wildman–Crippen LogP) is 6.69. The molecule has 0 saturated carbocycles. The number of aromatic hydroxyl groups is 1. The standard InChI is InChI=1S/C41H42N2O6/c1-43(26-38(46)35-11-6-12-36(45)22-35)25-37-23-39(31-15-13-28(27-44)14-16-31)49-41(48-37)33-19-17-30(18-20-33)34-10-5-7-29(21-34)24-42-40(47)32-8-3-2-4-9-32/h2-22,37-39,41,44-46H,23-27H2,1H3,(H,42,47)/t37-,38+,39+,41+/m0/s1. The molecule has 0 spiro atoms. The number of likely N-dealkylation sites (N-methyl/N-ethyl adjacent to an activating group) is 1. The smallest absolute Gasteiger partial charge is 0.251 e. The number of nitrogens with one attached hydrogen (secondary N) is 1. The number of ether oxygens (including phenoxy) is 2. The molecule has 0 aliphatic carbocycles. The van der Waals surface area contributed by atoms with Crippen molar-refractivity contribution in [2.24, 2.45) is 0 Å². The summed E-state index contributed by atoms with van der Waals surface area (Å²) in [6, 6.07) is 39.9. The molecule has 6 rings (SSSR count). The van der Waals surface area contributed by atoms with Crippen LogP contribution in [0, 0.1) is 0 Å². The van der Waals surface area contributed by atoms with Crippen LogP contribution in [0.4, 0.5) is 0 Å². The Hall–Kier alpha value is -4.83. The summed E-state index contributed by atoms with van der Waals surface area (Å²) in [5.74, 6) is 0.0126. The van der Waals surface area contributed by atoms with Gasteiger partial charge in [-0.1, -0.05) is 97.1 Å². The van der Waals surface area contributed by atoms with Gasteiger partial charge in [-0.25, -0.2) is 0 Å². The summed E-state index contributed by atoms with van der Waals surface area (Å²) in [5, 5.41) is 33.2. The van der Waals surface area contributed by atoms with Crippen LogP contribution in [-0.4, -0.2) is 52.4 Å². The van der Waals surface area contributed by atoms with Crippen LogP contribution in [0.2, 0.25) is 0 Å². The van der Waals surface area contributed by atoms with Crippen LogP contribution in [-0.2, 0) is 22.6 Å². The summed E-state index contributed by atoms with van der Waals surface area (Å²) in [7, 11) is 1.95. The first-order valence-corrected chi connectivity index (χ1v) is 16.5. The van der Waals surface area contributed by atoms with Gasteiger partial charge in [0, 0.05) is 37.2 Å². The minimum atomic E-state index is -0.763. The molecule has 8 heteroatoms. The Bertz CT molecular complexity index is 1810. The lowest BCUT2D eigenvalue weighted by atomic mass is 9.98. The molecule has 1 fully saturated rings. The number of benzene rings is 5. The van der Waals surface area contributed by atoms with E-state index in [-0.39, 0.29) is 30.5 Å². The normalized spacial score (nSPS) is 18.2. The number of rotatable bonds is 12. The Balaban J connectivity index is 1.15. The van der Waals surface area contributed by atoms with Crippen molar-refractivity contribution in [3.63, 3.8) is 0 Å². The second kappa shape index (κ2) is 16.0. The van der Waals surface area contributed by atoms with Crippen LogP contribution in [0.15, 0.2) is 127 Å². The van der Waals surface area contributed by atoms with Gasteiger partial charge in [-0.3, -0.25) is 4.79 Å². The van der Waals surface area contributed by atoms with Crippen molar-refractivity contribution in [2.75, 3.05) is 20.1 Å². The van der Waals surface area contributed by atoms with Gasteiger partial charge in [0.1, 0.15) is 5.75 Å². The van der Waals surface area contributed by atoms with E-state index in [1.165, 1.54) is 0 Å². The van der Waals surface area contributed by atoms with Gasteiger partial charge in [0.25, 0.3) is 5.91 Å². The van der Waals surface area contributed by atoms with E-state index in [1.54, 1.807) is 36.4 Å². The SMILES string of the molecule is CN(C[C@@H]1C[C@H](c2ccc(CO)cc2)O[C@H](c2ccc(-c3cccc(CNC(=O)c4ccccc4)c3)cc2)O1)C[C@@H](O)c1cccc(O)c1. The summed E-state index contributed by atoms with van der Waals surface area (Å²) in [5.41, 5.74) is 7.08. The molecule has 1 saturated heterocycles.